The van der Waals surface area contributed by atoms with Crippen molar-refractivity contribution in [3.63, 3.8) is 0 Å². The molecule has 1 aromatic heterocycles. The minimum atomic E-state index is -3.58. The van der Waals surface area contributed by atoms with Gasteiger partial charge < -0.3 is 10.1 Å². The Balaban J connectivity index is 0.00000200. The molecule has 2 N–H and O–H groups in total. The van der Waals surface area contributed by atoms with Crippen LogP contribution < -0.4 is 10.0 Å². The maximum absolute atomic E-state index is 12.5. The molecule has 1 fully saturated rings. The van der Waals surface area contributed by atoms with E-state index in [1.54, 1.807) is 32.7 Å². The molecule has 20 heavy (non-hydrogen) atoms. The number of nitrogens with one attached hydrogen (secondary N) is 2. The van der Waals surface area contributed by atoms with Crippen molar-refractivity contribution in [1.29, 1.82) is 0 Å². The Morgan fingerprint density at radius 2 is 2.05 bits per heavy atom. The lowest BCUT2D eigenvalue weighted by Crippen LogP contribution is -2.43. The first-order valence-corrected chi connectivity index (χ1v) is 7.61. The SMILES string of the molecule is CO[C@H]1CNC[C@@H]1NS(=O)(=O)c1c(C)nn(C)c1C.Cl. The van der Waals surface area contributed by atoms with E-state index in [0.717, 1.165) is 0 Å². The van der Waals surface area contributed by atoms with E-state index in [2.05, 4.69) is 15.1 Å². The van der Waals surface area contributed by atoms with Crippen LogP contribution in [0, 0.1) is 13.8 Å². The van der Waals surface area contributed by atoms with Crippen molar-refractivity contribution in [2.45, 2.75) is 30.9 Å². The van der Waals surface area contributed by atoms with E-state index in [4.69, 9.17) is 4.74 Å². The summed E-state index contributed by atoms with van der Waals surface area (Å²) in [7, 11) is -0.265. The topological polar surface area (TPSA) is 85.2 Å². The standard InChI is InChI=1S/C11H20N4O3S.ClH/c1-7-11(8(2)15(3)13-7)19(16,17)14-9-5-12-6-10(9)18-4;/h9-10,12,14H,5-6H2,1-4H3;1H/t9-,10-;/m0./s1. The molecule has 7 nitrogen and oxygen atoms in total. The van der Waals surface area contributed by atoms with Gasteiger partial charge in [0.15, 0.2) is 0 Å². The number of hydrogen-bond donors (Lipinski definition) is 2. The summed E-state index contributed by atoms with van der Waals surface area (Å²) >= 11 is 0. The number of aromatic nitrogens is 2. The lowest BCUT2D eigenvalue weighted by atomic mass is 10.2. The van der Waals surface area contributed by atoms with Gasteiger partial charge in [0.25, 0.3) is 0 Å². The molecule has 116 valence electrons. The largest absolute Gasteiger partial charge is 0.378 e. The normalized spacial score (nSPS) is 22.8. The summed E-state index contributed by atoms with van der Waals surface area (Å²) in [6.45, 7) is 4.66. The first kappa shape index (κ1) is 17.4. The molecule has 2 heterocycles. The fourth-order valence-electron chi connectivity index (χ4n) is 2.42. The number of nitrogens with zero attached hydrogens (tertiary/aromatic N) is 2. The van der Waals surface area contributed by atoms with E-state index in [1.165, 1.54) is 0 Å². The number of methoxy groups -OCH3 is 1. The predicted molar refractivity (Wildman–Crippen MR) is 77.7 cm³/mol. The average molecular weight is 325 g/mol. The van der Waals surface area contributed by atoms with E-state index < -0.39 is 10.0 Å². The van der Waals surface area contributed by atoms with Gasteiger partial charge in [0.05, 0.1) is 23.5 Å². The van der Waals surface area contributed by atoms with E-state index >= 15 is 0 Å². The van der Waals surface area contributed by atoms with Crippen LogP contribution in [-0.4, -0.2) is 50.5 Å². The zero-order valence-corrected chi connectivity index (χ0v) is 13.6. The molecule has 1 aromatic rings. The van der Waals surface area contributed by atoms with Crippen molar-refractivity contribution in [2.75, 3.05) is 20.2 Å². The zero-order chi connectivity index (χ0) is 14.2. The third-order valence-electron chi connectivity index (χ3n) is 3.48. The molecule has 1 aliphatic rings. The van der Waals surface area contributed by atoms with Crippen LogP contribution in [0.15, 0.2) is 4.90 Å². The first-order chi connectivity index (χ1) is 8.86. The molecular weight excluding hydrogens is 304 g/mol. The Morgan fingerprint density at radius 1 is 1.40 bits per heavy atom. The molecule has 0 saturated carbocycles. The Labute approximate surface area is 125 Å². The fraction of sp³-hybridized carbons (Fsp3) is 0.727. The van der Waals surface area contributed by atoms with Crippen LogP contribution in [0.25, 0.3) is 0 Å². The molecule has 0 amide bonds. The fourth-order valence-corrected chi connectivity index (χ4v) is 4.12. The highest BCUT2D eigenvalue weighted by Crippen LogP contribution is 2.19. The van der Waals surface area contributed by atoms with Crippen molar-refractivity contribution in [3.05, 3.63) is 11.4 Å². The number of sulfonamides is 1. The van der Waals surface area contributed by atoms with Crippen LogP contribution in [0.5, 0.6) is 0 Å². The van der Waals surface area contributed by atoms with Gasteiger partial charge in [0.1, 0.15) is 4.90 Å². The molecule has 0 aromatic carbocycles. The highest BCUT2D eigenvalue weighted by molar-refractivity contribution is 7.89. The van der Waals surface area contributed by atoms with Gasteiger partial charge in [0.2, 0.25) is 10.0 Å². The van der Waals surface area contributed by atoms with Crippen LogP contribution in [-0.2, 0) is 21.8 Å². The average Bonchev–Trinajstić information content (AvgIpc) is 2.84. The van der Waals surface area contributed by atoms with E-state index in [9.17, 15) is 8.42 Å². The van der Waals surface area contributed by atoms with Crippen molar-refractivity contribution in [1.82, 2.24) is 19.8 Å². The lowest BCUT2D eigenvalue weighted by molar-refractivity contribution is 0.103. The highest BCUT2D eigenvalue weighted by atomic mass is 35.5. The summed E-state index contributed by atoms with van der Waals surface area (Å²) in [6, 6.07) is -0.256. The third kappa shape index (κ3) is 3.15. The lowest BCUT2D eigenvalue weighted by Gasteiger charge is -2.18. The molecule has 2 atom stereocenters. The molecule has 1 aliphatic heterocycles. The van der Waals surface area contributed by atoms with E-state index in [0.29, 0.717) is 24.5 Å². The Morgan fingerprint density at radius 3 is 2.55 bits per heavy atom. The molecule has 0 aliphatic carbocycles. The minimum Gasteiger partial charge on any atom is -0.378 e. The van der Waals surface area contributed by atoms with Crippen LogP contribution >= 0.6 is 12.4 Å². The van der Waals surface area contributed by atoms with Crippen LogP contribution in [0.2, 0.25) is 0 Å². The van der Waals surface area contributed by atoms with Crippen LogP contribution in [0.1, 0.15) is 11.4 Å². The summed E-state index contributed by atoms with van der Waals surface area (Å²) in [6.07, 6.45) is -0.146. The van der Waals surface area contributed by atoms with Crippen LogP contribution in [0.4, 0.5) is 0 Å². The summed E-state index contributed by atoms with van der Waals surface area (Å²) in [5.74, 6) is 0. The molecule has 2 rings (SSSR count). The molecular formula is C11H21ClN4O3S. The number of aryl methyl sites for hydroxylation is 2. The highest BCUT2D eigenvalue weighted by Gasteiger charge is 2.33. The van der Waals surface area contributed by atoms with Crippen molar-refractivity contribution in [3.8, 4) is 0 Å². The molecule has 9 heteroatoms. The van der Waals surface area contributed by atoms with Gasteiger partial charge in [0, 0.05) is 27.2 Å². The number of rotatable bonds is 4. The maximum atomic E-state index is 12.5. The van der Waals surface area contributed by atoms with Gasteiger partial charge in [-0.3, -0.25) is 4.68 Å². The molecule has 0 radical (unpaired) electrons. The number of ether oxygens (including phenoxy) is 1. The van der Waals surface area contributed by atoms with Gasteiger partial charge in [-0.05, 0) is 13.8 Å². The van der Waals surface area contributed by atoms with Crippen molar-refractivity contribution < 1.29 is 13.2 Å². The molecule has 1 saturated heterocycles. The van der Waals surface area contributed by atoms with Gasteiger partial charge >= 0.3 is 0 Å². The van der Waals surface area contributed by atoms with Crippen molar-refractivity contribution in [2.24, 2.45) is 7.05 Å². The Hall–Kier alpha value is -0.670. The second kappa shape index (κ2) is 6.40. The Kier molecular flexibility index (Phi) is 5.56. The number of hydrogen-bond acceptors (Lipinski definition) is 5. The van der Waals surface area contributed by atoms with Gasteiger partial charge in [-0.25, -0.2) is 13.1 Å². The van der Waals surface area contributed by atoms with E-state index in [-0.39, 0.29) is 29.4 Å². The van der Waals surface area contributed by atoms with Crippen LogP contribution in [0.3, 0.4) is 0 Å². The molecule has 0 unspecified atom stereocenters. The second-order valence-corrected chi connectivity index (χ2v) is 6.43. The molecule has 0 spiro atoms. The maximum Gasteiger partial charge on any atom is 0.244 e. The predicted octanol–water partition coefficient (Wildman–Crippen LogP) is -0.276. The second-order valence-electron chi connectivity index (χ2n) is 4.78. The van der Waals surface area contributed by atoms with E-state index in [1.807, 2.05) is 0 Å². The van der Waals surface area contributed by atoms with Gasteiger partial charge in [-0.15, -0.1) is 12.4 Å². The van der Waals surface area contributed by atoms with Gasteiger partial charge in [-0.1, -0.05) is 0 Å². The summed E-state index contributed by atoms with van der Waals surface area (Å²) < 4.78 is 34.4. The van der Waals surface area contributed by atoms with Gasteiger partial charge in [-0.2, -0.15) is 5.10 Å². The summed E-state index contributed by atoms with van der Waals surface area (Å²) in [5.41, 5.74) is 1.14. The number of halogens is 1. The monoisotopic (exact) mass is 324 g/mol. The van der Waals surface area contributed by atoms with Crippen molar-refractivity contribution >= 4 is 22.4 Å². The first-order valence-electron chi connectivity index (χ1n) is 6.13. The smallest absolute Gasteiger partial charge is 0.244 e. The quantitative estimate of drug-likeness (QED) is 0.796. The molecule has 0 bridgehead atoms. The Bertz CT molecular complexity index is 572. The minimum absolute atomic E-state index is 0. The zero-order valence-electron chi connectivity index (χ0n) is 12.0. The summed E-state index contributed by atoms with van der Waals surface area (Å²) in [5, 5.41) is 7.25. The summed E-state index contributed by atoms with van der Waals surface area (Å²) in [4.78, 5) is 0.261. The third-order valence-corrected chi connectivity index (χ3v) is 5.22.